The van der Waals surface area contributed by atoms with Crippen LogP contribution in [0.5, 0.6) is 34.5 Å². The highest BCUT2D eigenvalue weighted by atomic mass is 16.5. The van der Waals surface area contributed by atoms with Crippen LogP contribution < -0.4 is 9.47 Å². The smallest absolute Gasteiger partial charge is 0.236 e. The third kappa shape index (κ3) is 3.26. The molecule has 0 bridgehead atoms. The molecule has 0 amide bonds. The lowest BCUT2D eigenvalue weighted by Crippen LogP contribution is -2.28. The van der Waals surface area contributed by atoms with Crippen molar-refractivity contribution in [1.82, 2.24) is 0 Å². The van der Waals surface area contributed by atoms with Gasteiger partial charge in [-0.25, -0.2) is 0 Å². The van der Waals surface area contributed by atoms with E-state index in [0.717, 1.165) is 12.1 Å². The molecule has 0 spiro atoms. The molecular weight excluding hydrogens is 392 g/mol. The van der Waals surface area contributed by atoms with Crippen molar-refractivity contribution in [2.75, 3.05) is 0 Å². The molecule has 30 heavy (non-hydrogen) atoms. The van der Waals surface area contributed by atoms with Crippen LogP contribution in [0.25, 0.3) is 0 Å². The van der Waals surface area contributed by atoms with Crippen molar-refractivity contribution >= 4 is 11.6 Å². The van der Waals surface area contributed by atoms with Gasteiger partial charge in [-0.3, -0.25) is 9.59 Å². The number of hydrogen-bond acceptors (Lipinski definition) is 8. The van der Waals surface area contributed by atoms with Crippen LogP contribution >= 0.6 is 0 Å². The average molecular weight is 406 g/mol. The number of ketones is 2. The monoisotopic (exact) mass is 406 g/mol. The zero-order valence-electron chi connectivity index (χ0n) is 15.2. The summed E-state index contributed by atoms with van der Waals surface area (Å²) in [6.07, 6.45) is 0. The lowest BCUT2D eigenvalue weighted by Gasteiger charge is -2.22. The number of Topliss-reactive ketones (excluding diaryl/α,β-unsaturated/α-hetero) is 2. The second-order valence-corrected chi connectivity index (χ2v) is 6.37. The van der Waals surface area contributed by atoms with Crippen LogP contribution in [0, 0.1) is 0 Å². The summed E-state index contributed by atoms with van der Waals surface area (Å²) in [6.45, 7) is 0. The van der Waals surface area contributed by atoms with Gasteiger partial charge in [-0.1, -0.05) is 12.1 Å². The number of rotatable bonds is 4. The Kier molecular flexibility index (Phi) is 4.51. The van der Waals surface area contributed by atoms with E-state index in [4.69, 9.17) is 9.47 Å². The molecule has 0 fully saturated rings. The van der Waals surface area contributed by atoms with Crippen molar-refractivity contribution in [1.29, 1.82) is 0 Å². The molecule has 3 aromatic carbocycles. The number of carbonyl (C=O) groups excluding carboxylic acids is 2. The predicted molar refractivity (Wildman–Crippen MR) is 103 cm³/mol. The van der Waals surface area contributed by atoms with Crippen LogP contribution in [0.15, 0.2) is 72.2 Å². The third-order valence-electron chi connectivity index (χ3n) is 4.31. The second kappa shape index (κ2) is 7.17. The van der Waals surface area contributed by atoms with Gasteiger partial charge in [0.1, 0.15) is 34.5 Å². The van der Waals surface area contributed by atoms with Crippen molar-refractivity contribution in [2.24, 2.45) is 0 Å². The summed E-state index contributed by atoms with van der Waals surface area (Å²) in [4.78, 5) is 26.2. The first-order valence-electron chi connectivity index (χ1n) is 8.67. The number of carbonyl (C=O) groups is 2. The number of phenols is 4. The van der Waals surface area contributed by atoms with Gasteiger partial charge in [0.25, 0.3) is 0 Å². The Morgan fingerprint density at radius 3 is 1.33 bits per heavy atom. The second-order valence-electron chi connectivity index (χ2n) is 6.37. The standard InChI is InChI=1S/C22H14O8/c23-11-3-1-5-13(9-11)29-21-19(27)17-15(25)7-8-16(26)18(17)20(28)22(21)30-14-6-2-4-12(24)10-14/h1-10,23-26H. The van der Waals surface area contributed by atoms with Crippen LogP contribution in [0.3, 0.4) is 0 Å². The number of benzene rings is 3. The molecule has 4 rings (SSSR count). The van der Waals surface area contributed by atoms with E-state index in [1.807, 2.05) is 0 Å². The van der Waals surface area contributed by atoms with E-state index in [-0.39, 0.29) is 23.0 Å². The maximum Gasteiger partial charge on any atom is 0.236 e. The summed E-state index contributed by atoms with van der Waals surface area (Å²) in [5, 5.41) is 39.6. The normalized spacial score (nSPS) is 13.2. The molecule has 0 atom stereocenters. The number of aromatic hydroxyl groups is 4. The summed E-state index contributed by atoms with van der Waals surface area (Å²) < 4.78 is 11.1. The molecule has 1 aliphatic carbocycles. The van der Waals surface area contributed by atoms with E-state index < -0.39 is 45.7 Å². The van der Waals surface area contributed by atoms with Gasteiger partial charge in [0.15, 0.2) is 0 Å². The Balaban J connectivity index is 1.89. The molecule has 1 aliphatic rings. The number of hydrogen-bond donors (Lipinski definition) is 4. The van der Waals surface area contributed by atoms with Gasteiger partial charge >= 0.3 is 0 Å². The van der Waals surface area contributed by atoms with E-state index in [0.29, 0.717) is 0 Å². The average Bonchev–Trinajstić information content (AvgIpc) is 2.70. The molecule has 150 valence electrons. The lowest BCUT2D eigenvalue weighted by atomic mass is 9.90. The number of phenolic OH excluding ortho intramolecular Hbond substituents is 4. The van der Waals surface area contributed by atoms with Crippen LogP contribution in [-0.4, -0.2) is 32.0 Å². The molecule has 3 aromatic rings. The molecule has 4 N–H and O–H groups in total. The first-order valence-corrected chi connectivity index (χ1v) is 8.67. The molecule has 0 heterocycles. The largest absolute Gasteiger partial charge is 0.508 e. The molecule has 8 heteroatoms. The van der Waals surface area contributed by atoms with Gasteiger partial charge < -0.3 is 29.9 Å². The highest BCUT2D eigenvalue weighted by molar-refractivity contribution is 6.27. The fourth-order valence-electron chi connectivity index (χ4n) is 2.99. The van der Waals surface area contributed by atoms with Gasteiger partial charge in [-0.15, -0.1) is 0 Å². The van der Waals surface area contributed by atoms with Crippen molar-refractivity contribution in [3.8, 4) is 34.5 Å². The molecule has 0 saturated heterocycles. The minimum absolute atomic E-state index is 0.0336. The molecule has 0 saturated carbocycles. The topological polar surface area (TPSA) is 134 Å². The SMILES string of the molecule is O=C1C(Oc2cccc(O)c2)=C(Oc2cccc(O)c2)C(=O)c2c(O)ccc(O)c21. The minimum Gasteiger partial charge on any atom is -0.508 e. The van der Waals surface area contributed by atoms with E-state index in [2.05, 4.69) is 0 Å². The first-order chi connectivity index (χ1) is 14.3. The number of allylic oxidation sites excluding steroid dienone is 2. The zero-order chi connectivity index (χ0) is 21.4. The maximum absolute atomic E-state index is 13.1. The highest BCUT2D eigenvalue weighted by Gasteiger charge is 2.40. The summed E-state index contributed by atoms with van der Waals surface area (Å²) in [5.74, 6) is -4.17. The molecule has 0 aliphatic heterocycles. The predicted octanol–water partition coefficient (Wildman–Crippen LogP) is 3.26. The summed E-state index contributed by atoms with van der Waals surface area (Å²) in [7, 11) is 0. The van der Waals surface area contributed by atoms with Gasteiger partial charge in [0.05, 0.1) is 11.1 Å². The quantitative estimate of drug-likeness (QED) is 0.485. The van der Waals surface area contributed by atoms with Gasteiger partial charge in [-0.05, 0) is 36.4 Å². The van der Waals surface area contributed by atoms with Crippen LogP contribution in [0.1, 0.15) is 20.7 Å². The minimum atomic E-state index is -0.906. The lowest BCUT2D eigenvalue weighted by molar-refractivity contribution is 0.0891. The van der Waals surface area contributed by atoms with Crippen LogP contribution in [0.2, 0.25) is 0 Å². The Morgan fingerprint density at radius 2 is 0.967 bits per heavy atom. The van der Waals surface area contributed by atoms with E-state index >= 15 is 0 Å². The molecule has 0 aromatic heterocycles. The number of ether oxygens (including phenoxy) is 2. The molecule has 0 radical (unpaired) electrons. The van der Waals surface area contributed by atoms with E-state index in [1.165, 1.54) is 48.5 Å². The van der Waals surface area contributed by atoms with Gasteiger partial charge in [0.2, 0.25) is 23.1 Å². The zero-order valence-corrected chi connectivity index (χ0v) is 15.2. The third-order valence-corrected chi connectivity index (χ3v) is 4.31. The van der Waals surface area contributed by atoms with E-state index in [1.54, 1.807) is 0 Å². The van der Waals surface area contributed by atoms with Crippen molar-refractivity contribution < 1.29 is 39.5 Å². The first kappa shape index (κ1) is 18.9. The Bertz CT molecular complexity index is 1130. The number of fused-ring (bicyclic) bond motifs is 1. The molecule has 0 unspecified atom stereocenters. The highest BCUT2D eigenvalue weighted by Crippen LogP contribution is 2.39. The molecular formula is C22H14O8. The van der Waals surface area contributed by atoms with Crippen LogP contribution in [0.4, 0.5) is 0 Å². The summed E-state index contributed by atoms with van der Waals surface area (Å²) >= 11 is 0. The van der Waals surface area contributed by atoms with Crippen molar-refractivity contribution in [3.05, 3.63) is 83.3 Å². The van der Waals surface area contributed by atoms with E-state index in [9.17, 15) is 30.0 Å². The summed E-state index contributed by atoms with van der Waals surface area (Å²) in [6, 6.07) is 13.2. The summed E-state index contributed by atoms with van der Waals surface area (Å²) in [5.41, 5.74) is -0.864. The Labute approximate surface area is 169 Å². The van der Waals surface area contributed by atoms with Gasteiger partial charge in [-0.2, -0.15) is 0 Å². The Hall–Kier alpha value is -4.46. The van der Waals surface area contributed by atoms with Crippen LogP contribution in [-0.2, 0) is 0 Å². The van der Waals surface area contributed by atoms with Gasteiger partial charge in [0, 0.05) is 12.1 Å². The van der Waals surface area contributed by atoms with Crippen molar-refractivity contribution in [2.45, 2.75) is 0 Å². The Morgan fingerprint density at radius 1 is 0.567 bits per heavy atom. The fraction of sp³-hybridized carbons (Fsp3) is 0. The molecule has 8 nitrogen and oxygen atoms in total. The maximum atomic E-state index is 13.1. The van der Waals surface area contributed by atoms with Crippen molar-refractivity contribution in [3.63, 3.8) is 0 Å². The fourth-order valence-corrected chi connectivity index (χ4v) is 2.99.